The Morgan fingerprint density at radius 1 is 1.19 bits per heavy atom. The van der Waals surface area contributed by atoms with E-state index < -0.39 is 16.6 Å². The van der Waals surface area contributed by atoms with E-state index in [0.29, 0.717) is 27.1 Å². The minimum Gasteiger partial charge on any atom is -0.457 e. The first-order valence-electron chi connectivity index (χ1n) is 8.53. The number of furan rings is 1. The van der Waals surface area contributed by atoms with Crippen molar-refractivity contribution in [1.82, 2.24) is 5.32 Å². The summed E-state index contributed by atoms with van der Waals surface area (Å²) in [4.78, 5) is 22.2. The van der Waals surface area contributed by atoms with Gasteiger partial charge in [-0.1, -0.05) is 29.3 Å². The minimum atomic E-state index is -0.763. The van der Waals surface area contributed by atoms with E-state index in [2.05, 4.69) is 10.6 Å². The standard InChI is InChI=1S/C20H12Cl2FN3O4S/c21-14-3-1-2-13(19(14)22)17-8-5-12(30-17)6-9-18(27)25-20(31)24-16-10-11(26(28)29)4-7-15(16)23/h1-10H,(H2,24,25,27,31). The monoisotopic (exact) mass is 479 g/mol. The summed E-state index contributed by atoms with van der Waals surface area (Å²) in [6.45, 7) is 0. The van der Waals surface area contributed by atoms with Crippen LogP contribution in [-0.4, -0.2) is 15.9 Å². The summed E-state index contributed by atoms with van der Waals surface area (Å²) >= 11 is 17.1. The first-order valence-corrected chi connectivity index (χ1v) is 9.69. The van der Waals surface area contributed by atoms with E-state index in [1.54, 1.807) is 30.3 Å². The number of amides is 1. The second-order valence-electron chi connectivity index (χ2n) is 6.00. The van der Waals surface area contributed by atoms with Crippen molar-refractivity contribution in [2.75, 3.05) is 5.32 Å². The van der Waals surface area contributed by atoms with Gasteiger partial charge in [0.15, 0.2) is 5.11 Å². The van der Waals surface area contributed by atoms with Gasteiger partial charge in [-0.25, -0.2) is 4.39 Å². The number of anilines is 1. The summed E-state index contributed by atoms with van der Waals surface area (Å²) in [5.74, 6) is -0.557. The molecule has 0 bridgehead atoms. The van der Waals surface area contributed by atoms with Crippen molar-refractivity contribution in [3.05, 3.63) is 86.3 Å². The van der Waals surface area contributed by atoms with E-state index in [9.17, 15) is 19.3 Å². The third-order valence-corrected chi connectivity index (χ3v) is 4.91. The van der Waals surface area contributed by atoms with Crippen LogP contribution in [-0.2, 0) is 4.79 Å². The van der Waals surface area contributed by atoms with Gasteiger partial charge in [-0.2, -0.15) is 0 Å². The maximum absolute atomic E-state index is 13.8. The summed E-state index contributed by atoms with van der Waals surface area (Å²) in [6.07, 6.45) is 2.55. The fourth-order valence-electron chi connectivity index (χ4n) is 2.47. The molecule has 0 aliphatic heterocycles. The highest BCUT2D eigenvalue weighted by molar-refractivity contribution is 7.80. The lowest BCUT2D eigenvalue weighted by atomic mass is 10.2. The lowest BCUT2D eigenvalue weighted by Gasteiger charge is -2.08. The van der Waals surface area contributed by atoms with Crippen LogP contribution in [0.1, 0.15) is 5.76 Å². The largest absolute Gasteiger partial charge is 0.457 e. The molecule has 0 unspecified atom stereocenters. The van der Waals surface area contributed by atoms with Crippen molar-refractivity contribution in [3.63, 3.8) is 0 Å². The Bertz CT molecular complexity index is 1210. The zero-order valence-corrected chi connectivity index (χ0v) is 17.7. The van der Waals surface area contributed by atoms with Crippen molar-refractivity contribution < 1.29 is 18.5 Å². The predicted molar refractivity (Wildman–Crippen MR) is 121 cm³/mol. The van der Waals surface area contributed by atoms with Crippen LogP contribution < -0.4 is 10.6 Å². The van der Waals surface area contributed by atoms with Crippen LogP contribution in [0.4, 0.5) is 15.8 Å². The molecule has 3 aromatic rings. The third kappa shape index (κ3) is 5.66. The Kier molecular flexibility index (Phi) is 7.01. The highest BCUT2D eigenvalue weighted by Gasteiger charge is 2.13. The molecule has 0 atom stereocenters. The maximum atomic E-state index is 13.8. The van der Waals surface area contributed by atoms with E-state index in [-0.39, 0.29) is 16.5 Å². The fraction of sp³-hybridized carbons (Fsp3) is 0. The van der Waals surface area contributed by atoms with Gasteiger partial charge in [-0.15, -0.1) is 0 Å². The van der Waals surface area contributed by atoms with E-state index >= 15 is 0 Å². The number of halogens is 3. The van der Waals surface area contributed by atoms with Gasteiger partial charge in [-0.3, -0.25) is 20.2 Å². The van der Waals surface area contributed by atoms with Crippen LogP contribution in [0.5, 0.6) is 0 Å². The lowest BCUT2D eigenvalue weighted by Crippen LogP contribution is -2.33. The third-order valence-electron chi connectivity index (χ3n) is 3.89. The fourth-order valence-corrected chi connectivity index (χ4v) is 3.07. The summed E-state index contributed by atoms with van der Waals surface area (Å²) in [5.41, 5.74) is 0.0338. The number of hydrogen-bond acceptors (Lipinski definition) is 5. The average molecular weight is 480 g/mol. The molecule has 0 fully saturated rings. The number of nitro groups is 1. The molecular weight excluding hydrogens is 468 g/mol. The van der Waals surface area contributed by atoms with Crippen molar-refractivity contribution in [3.8, 4) is 11.3 Å². The molecule has 1 amide bonds. The Labute approximate surface area is 190 Å². The molecule has 0 spiro atoms. The first kappa shape index (κ1) is 22.4. The van der Waals surface area contributed by atoms with Gasteiger partial charge in [0.1, 0.15) is 17.3 Å². The highest BCUT2D eigenvalue weighted by Crippen LogP contribution is 2.34. The molecule has 2 N–H and O–H groups in total. The van der Waals surface area contributed by atoms with Crippen molar-refractivity contribution in [2.45, 2.75) is 0 Å². The number of nitrogens with zero attached hydrogens (tertiary/aromatic N) is 1. The number of carbonyl (C=O) groups is 1. The normalized spacial score (nSPS) is 10.8. The van der Waals surface area contributed by atoms with Gasteiger partial charge in [0, 0.05) is 23.8 Å². The predicted octanol–water partition coefficient (Wildman–Crippen LogP) is 5.83. The number of rotatable bonds is 5. The average Bonchev–Trinajstić information content (AvgIpc) is 3.18. The molecule has 1 aromatic heterocycles. The van der Waals surface area contributed by atoms with Crippen LogP contribution in [0.2, 0.25) is 10.0 Å². The van der Waals surface area contributed by atoms with E-state index in [4.69, 9.17) is 39.8 Å². The van der Waals surface area contributed by atoms with E-state index in [0.717, 1.165) is 24.3 Å². The number of nitrogens with one attached hydrogen (secondary N) is 2. The summed E-state index contributed by atoms with van der Waals surface area (Å²) < 4.78 is 19.4. The smallest absolute Gasteiger partial charge is 0.271 e. The van der Waals surface area contributed by atoms with Gasteiger partial charge in [0.05, 0.1) is 20.7 Å². The van der Waals surface area contributed by atoms with Gasteiger partial charge in [0.2, 0.25) is 5.91 Å². The Morgan fingerprint density at radius 3 is 2.71 bits per heavy atom. The van der Waals surface area contributed by atoms with Gasteiger partial charge >= 0.3 is 0 Å². The number of non-ortho nitro benzene ring substituents is 1. The number of hydrogen-bond donors (Lipinski definition) is 2. The van der Waals surface area contributed by atoms with Crippen LogP contribution >= 0.6 is 35.4 Å². The van der Waals surface area contributed by atoms with Gasteiger partial charge < -0.3 is 9.73 Å². The van der Waals surface area contributed by atoms with Gasteiger partial charge in [-0.05, 0) is 48.6 Å². The van der Waals surface area contributed by atoms with E-state index in [1.165, 1.54) is 6.08 Å². The van der Waals surface area contributed by atoms with Crippen LogP contribution in [0.15, 0.2) is 59.0 Å². The quantitative estimate of drug-likeness (QED) is 0.207. The molecule has 0 saturated carbocycles. The molecule has 0 radical (unpaired) electrons. The minimum absolute atomic E-state index is 0.236. The lowest BCUT2D eigenvalue weighted by molar-refractivity contribution is -0.384. The number of thiocarbonyl (C=S) groups is 1. The molecule has 11 heteroatoms. The number of nitro benzene ring substituents is 1. The van der Waals surface area contributed by atoms with E-state index in [1.807, 2.05) is 0 Å². The Morgan fingerprint density at radius 2 is 1.97 bits per heavy atom. The number of benzene rings is 2. The van der Waals surface area contributed by atoms with Gasteiger partial charge in [0.25, 0.3) is 5.69 Å². The maximum Gasteiger partial charge on any atom is 0.271 e. The van der Waals surface area contributed by atoms with Crippen molar-refractivity contribution >= 4 is 63.9 Å². The van der Waals surface area contributed by atoms with Crippen molar-refractivity contribution in [2.24, 2.45) is 0 Å². The second kappa shape index (κ2) is 9.69. The molecule has 0 saturated heterocycles. The van der Waals surface area contributed by atoms with Crippen LogP contribution in [0, 0.1) is 15.9 Å². The SMILES string of the molecule is O=C(C=Cc1ccc(-c2cccc(Cl)c2Cl)o1)NC(=S)Nc1cc([N+](=O)[O-])ccc1F. The first-order chi connectivity index (χ1) is 14.7. The molecule has 2 aromatic carbocycles. The Hall–Kier alpha value is -3.27. The summed E-state index contributed by atoms with van der Waals surface area (Å²) in [5, 5.41) is 16.0. The van der Waals surface area contributed by atoms with Crippen LogP contribution in [0.3, 0.4) is 0 Å². The molecule has 0 aliphatic carbocycles. The molecular formula is C20H12Cl2FN3O4S. The van der Waals surface area contributed by atoms with Crippen LogP contribution in [0.25, 0.3) is 17.4 Å². The Balaban J connectivity index is 1.63. The number of carbonyl (C=O) groups excluding carboxylic acids is 1. The zero-order valence-electron chi connectivity index (χ0n) is 15.4. The van der Waals surface area contributed by atoms with Crippen molar-refractivity contribution in [1.29, 1.82) is 0 Å². The molecule has 31 heavy (non-hydrogen) atoms. The molecule has 0 aliphatic rings. The summed E-state index contributed by atoms with van der Waals surface area (Å²) in [6, 6.07) is 11.3. The summed E-state index contributed by atoms with van der Waals surface area (Å²) in [7, 11) is 0. The molecule has 7 nitrogen and oxygen atoms in total. The molecule has 158 valence electrons. The molecule has 3 rings (SSSR count). The zero-order chi connectivity index (χ0) is 22.5. The second-order valence-corrected chi connectivity index (χ2v) is 7.19. The highest BCUT2D eigenvalue weighted by atomic mass is 35.5. The topological polar surface area (TPSA) is 97.4 Å². The molecule has 1 heterocycles.